The molecule has 0 spiro atoms. The second-order valence-electron chi connectivity index (χ2n) is 8.37. The maximum absolute atomic E-state index is 13.4. The van der Waals surface area contributed by atoms with Gasteiger partial charge in [0.1, 0.15) is 23.9 Å². The third-order valence-electron chi connectivity index (χ3n) is 5.78. The molecule has 0 saturated carbocycles. The van der Waals surface area contributed by atoms with E-state index in [4.69, 9.17) is 9.47 Å². The Labute approximate surface area is 186 Å². The fourth-order valence-electron chi connectivity index (χ4n) is 4.12. The Hall–Kier alpha value is -3.68. The number of nitrogens with zero attached hydrogens (tertiary/aromatic N) is 3. The standard InChI is InChI=1S/C24H25N3O5/c1-15-16(2)27(30)21(26(15)14-17-8-6-5-7-9-17)19(18-10-12-25-13-11-18)20-22(28)31-24(3,4)32-23(20)29/h5-13,19-20H,14H2,1-4H3. The van der Waals surface area contributed by atoms with Gasteiger partial charge in [0.25, 0.3) is 11.6 Å². The second kappa shape index (κ2) is 8.11. The van der Waals surface area contributed by atoms with E-state index in [1.165, 1.54) is 13.8 Å². The van der Waals surface area contributed by atoms with Crippen molar-refractivity contribution in [3.05, 3.63) is 88.4 Å². The molecule has 4 rings (SSSR count). The monoisotopic (exact) mass is 435 g/mol. The van der Waals surface area contributed by atoms with Crippen LogP contribution in [-0.2, 0) is 25.6 Å². The lowest BCUT2D eigenvalue weighted by molar-refractivity contribution is -0.621. The fourth-order valence-corrected chi connectivity index (χ4v) is 4.12. The fraction of sp³-hybridized carbons (Fsp3) is 0.333. The summed E-state index contributed by atoms with van der Waals surface area (Å²) in [5, 5.41) is 13.4. The molecule has 8 heteroatoms. The van der Waals surface area contributed by atoms with E-state index >= 15 is 0 Å². The van der Waals surface area contributed by atoms with Gasteiger partial charge in [-0.15, -0.1) is 0 Å². The molecule has 32 heavy (non-hydrogen) atoms. The highest BCUT2D eigenvalue weighted by Gasteiger charge is 2.51. The van der Waals surface area contributed by atoms with Gasteiger partial charge < -0.3 is 14.7 Å². The molecule has 0 amide bonds. The minimum Gasteiger partial charge on any atom is -0.711 e. The molecular formula is C24H25N3O5. The lowest BCUT2D eigenvalue weighted by Crippen LogP contribution is -2.50. The van der Waals surface area contributed by atoms with E-state index in [9.17, 15) is 14.8 Å². The van der Waals surface area contributed by atoms with E-state index < -0.39 is 29.6 Å². The summed E-state index contributed by atoms with van der Waals surface area (Å²) in [5.74, 6) is -4.78. The number of benzene rings is 1. The highest BCUT2D eigenvalue weighted by atomic mass is 16.7. The quantitative estimate of drug-likeness (QED) is 0.265. The molecule has 8 nitrogen and oxygen atoms in total. The van der Waals surface area contributed by atoms with Gasteiger partial charge in [0, 0.05) is 40.1 Å². The minimum absolute atomic E-state index is 0.272. The topological polar surface area (TPSA) is 97.4 Å². The van der Waals surface area contributed by atoms with Crippen LogP contribution in [0, 0.1) is 25.0 Å². The number of carbonyl (C=O) groups is 2. The Morgan fingerprint density at radius 2 is 1.66 bits per heavy atom. The highest BCUT2D eigenvalue weighted by molar-refractivity contribution is 5.98. The highest BCUT2D eigenvalue weighted by Crippen LogP contribution is 2.37. The van der Waals surface area contributed by atoms with E-state index in [2.05, 4.69) is 4.98 Å². The van der Waals surface area contributed by atoms with Gasteiger partial charge in [0.2, 0.25) is 0 Å². The predicted molar refractivity (Wildman–Crippen MR) is 114 cm³/mol. The number of esters is 2. The van der Waals surface area contributed by atoms with Gasteiger partial charge in [-0.2, -0.15) is 0 Å². The van der Waals surface area contributed by atoms with Crippen LogP contribution in [-0.4, -0.2) is 27.3 Å². The number of imidazole rings is 1. The summed E-state index contributed by atoms with van der Waals surface area (Å²) >= 11 is 0. The van der Waals surface area contributed by atoms with Gasteiger partial charge in [-0.05, 0) is 23.3 Å². The zero-order valence-corrected chi connectivity index (χ0v) is 18.4. The van der Waals surface area contributed by atoms with Crippen molar-refractivity contribution in [1.82, 2.24) is 9.55 Å². The van der Waals surface area contributed by atoms with Crippen LogP contribution in [0.1, 0.15) is 48.1 Å². The molecule has 1 aromatic carbocycles. The Kier molecular flexibility index (Phi) is 5.46. The number of pyridine rings is 1. The van der Waals surface area contributed by atoms with E-state index in [0.29, 0.717) is 17.8 Å². The molecule has 1 unspecified atom stereocenters. The van der Waals surface area contributed by atoms with Crippen LogP contribution in [0.5, 0.6) is 0 Å². The van der Waals surface area contributed by atoms with Crippen LogP contribution in [0.2, 0.25) is 0 Å². The minimum atomic E-state index is -1.36. The average molecular weight is 435 g/mol. The van der Waals surface area contributed by atoms with Crippen LogP contribution in [0.15, 0.2) is 54.9 Å². The number of hydrogen-bond acceptors (Lipinski definition) is 6. The van der Waals surface area contributed by atoms with Crippen LogP contribution in [0.25, 0.3) is 0 Å². The zero-order valence-electron chi connectivity index (χ0n) is 18.4. The predicted octanol–water partition coefficient (Wildman–Crippen LogP) is 2.77. The Bertz CT molecular complexity index is 1140. The molecule has 1 aliphatic rings. The smallest absolute Gasteiger partial charge is 0.324 e. The normalized spacial score (nSPS) is 17.0. The molecule has 3 aromatic rings. The first-order valence-electron chi connectivity index (χ1n) is 10.4. The van der Waals surface area contributed by atoms with Crippen LogP contribution < -0.4 is 4.73 Å². The lowest BCUT2D eigenvalue weighted by Gasteiger charge is -2.35. The second-order valence-corrected chi connectivity index (χ2v) is 8.37. The van der Waals surface area contributed by atoms with Crippen molar-refractivity contribution >= 4 is 11.9 Å². The molecule has 0 bridgehead atoms. The van der Waals surface area contributed by atoms with Crippen molar-refractivity contribution in [2.45, 2.75) is 45.9 Å². The summed E-state index contributed by atoms with van der Waals surface area (Å²) in [6, 6.07) is 13.1. The van der Waals surface area contributed by atoms with E-state index in [-0.39, 0.29) is 5.82 Å². The Morgan fingerprint density at radius 3 is 2.25 bits per heavy atom. The SMILES string of the molecule is Cc1c(C)[n+]([O-])c(C(c2ccncc2)C2C(=O)OC(C)(C)OC2=O)n1Cc1ccccc1. The van der Waals surface area contributed by atoms with Gasteiger partial charge in [0.15, 0.2) is 5.92 Å². The largest absolute Gasteiger partial charge is 0.711 e. The van der Waals surface area contributed by atoms with Crippen LogP contribution in [0.4, 0.5) is 0 Å². The number of rotatable bonds is 5. The number of aromatic nitrogens is 3. The van der Waals surface area contributed by atoms with Gasteiger partial charge in [-0.3, -0.25) is 14.6 Å². The summed E-state index contributed by atoms with van der Waals surface area (Å²) in [6.07, 6.45) is 3.12. The first-order valence-corrected chi connectivity index (χ1v) is 10.4. The van der Waals surface area contributed by atoms with Crippen molar-refractivity contribution < 1.29 is 23.8 Å². The third kappa shape index (κ3) is 3.84. The van der Waals surface area contributed by atoms with Gasteiger partial charge in [-0.1, -0.05) is 30.3 Å². The molecular weight excluding hydrogens is 410 g/mol. The Balaban J connectivity index is 1.91. The van der Waals surface area contributed by atoms with Crippen molar-refractivity contribution in [3.8, 4) is 0 Å². The molecule has 166 valence electrons. The molecule has 0 radical (unpaired) electrons. The number of cyclic esters (lactones) is 2. The van der Waals surface area contributed by atoms with E-state index in [1.54, 1.807) is 31.5 Å². The molecule has 0 N–H and O–H groups in total. The maximum Gasteiger partial charge on any atom is 0.324 e. The third-order valence-corrected chi connectivity index (χ3v) is 5.78. The molecule has 3 heterocycles. The first-order chi connectivity index (χ1) is 15.2. The van der Waals surface area contributed by atoms with E-state index in [1.807, 2.05) is 41.8 Å². The van der Waals surface area contributed by atoms with Crippen LogP contribution in [0.3, 0.4) is 0 Å². The molecule has 1 aliphatic heterocycles. The van der Waals surface area contributed by atoms with Gasteiger partial charge >= 0.3 is 11.9 Å². The van der Waals surface area contributed by atoms with Crippen LogP contribution >= 0.6 is 0 Å². The summed E-state index contributed by atoms with van der Waals surface area (Å²) < 4.78 is 13.4. The van der Waals surface area contributed by atoms with Gasteiger partial charge in [-0.25, -0.2) is 9.30 Å². The molecule has 1 atom stereocenters. The van der Waals surface area contributed by atoms with E-state index in [0.717, 1.165) is 16.0 Å². The number of hydrogen-bond donors (Lipinski definition) is 0. The molecule has 1 saturated heterocycles. The van der Waals surface area contributed by atoms with Gasteiger partial charge in [0.05, 0.1) is 0 Å². The number of ether oxygens (including phenoxy) is 2. The zero-order chi connectivity index (χ0) is 23.0. The molecule has 2 aromatic heterocycles. The lowest BCUT2D eigenvalue weighted by atomic mass is 9.84. The summed E-state index contributed by atoms with van der Waals surface area (Å²) in [5.41, 5.74) is 2.81. The summed E-state index contributed by atoms with van der Waals surface area (Å²) in [6.45, 7) is 6.97. The van der Waals surface area contributed by atoms with Crippen molar-refractivity contribution in [2.75, 3.05) is 0 Å². The first kappa shape index (κ1) is 21.5. The summed E-state index contributed by atoms with van der Waals surface area (Å²) in [4.78, 5) is 30.1. The Morgan fingerprint density at radius 1 is 1.06 bits per heavy atom. The molecule has 0 aliphatic carbocycles. The molecule has 1 fully saturated rings. The number of carbonyl (C=O) groups excluding carboxylic acids is 2. The maximum atomic E-state index is 13.4. The van der Waals surface area contributed by atoms with Crippen molar-refractivity contribution in [1.29, 1.82) is 0 Å². The van der Waals surface area contributed by atoms with Crippen molar-refractivity contribution in [3.63, 3.8) is 0 Å². The summed E-state index contributed by atoms with van der Waals surface area (Å²) in [7, 11) is 0. The van der Waals surface area contributed by atoms with Crippen molar-refractivity contribution in [2.24, 2.45) is 5.92 Å². The average Bonchev–Trinajstić information content (AvgIpc) is 2.95.